The molecule has 0 radical (unpaired) electrons. The highest BCUT2D eigenvalue weighted by Gasteiger charge is 2.26. The molecule has 2 aromatic carbocycles. The minimum atomic E-state index is -0.184. The maximum absolute atomic E-state index is 9.61. The van der Waals surface area contributed by atoms with Crippen molar-refractivity contribution < 1.29 is 9.84 Å². The topological polar surface area (TPSA) is 70.0 Å². The van der Waals surface area contributed by atoms with E-state index in [1.165, 1.54) is 10.6 Å². The van der Waals surface area contributed by atoms with Crippen molar-refractivity contribution in [1.29, 1.82) is 0 Å². The van der Waals surface area contributed by atoms with Gasteiger partial charge in [0, 0.05) is 29.8 Å². The third-order valence-corrected chi connectivity index (χ3v) is 7.86. The maximum Gasteiger partial charge on any atom is 0.142 e. The second-order valence-electron chi connectivity index (χ2n) is 7.96. The Hall–Kier alpha value is -3.39. The minimum Gasteiger partial charge on any atom is -0.486 e. The number of aliphatic imine (C=N–C) groups is 1. The lowest BCUT2D eigenvalue weighted by Crippen LogP contribution is -2.33. The summed E-state index contributed by atoms with van der Waals surface area (Å²) in [4.78, 5) is 12.3. The molecule has 0 fully saturated rings. The zero-order chi connectivity index (χ0) is 24.0. The molecule has 8 heteroatoms. The smallest absolute Gasteiger partial charge is 0.142 e. The number of hydrogen-bond donors (Lipinski definition) is 2. The zero-order valence-electron chi connectivity index (χ0n) is 19.0. The molecule has 2 aliphatic rings. The molecular formula is C27H25ClN4O2S. The molecular weight excluding hydrogens is 480 g/mol. The first-order chi connectivity index (χ1) is 17.2. The van der Waals surface area contributed by atoms with Gasteiger partial charge in [0.1, 0.15) is 18.2 Å². The molecule has 0 bridgehead atoms. The lowest BCUT2D eigenvalue weighted by molar-refractivity contribution is 0.301. The van der Waals surface area contributed by atoms with Crippen molar-refractivity contribution in [3.63, 3.8) is 0 Å². The van der Waals surface area contributed by atoms with E-state index in [-0.39, 0.29) is 17.1 Å². The van der Waals surface area contributed by atoms with E-state index in [1.807, 2.05) is 60.9 Å². The Morgan fingerprint density at radius 3 is 2.69 bits per heavy atom. The first-order valence-corrected chi connectivity index (χ1v) is 13.1. The van der Waals surface area contributed by atoms with Crippen molar-refractivity contribution in [2.45, 2.75) is 13.2 Å². The molecule has 0 spiro atoms. The summed E-state index contributed by atoms with van der Waals surface area (Å²) in [7, 11) is -0.184. The molecule has 178 valence electrons. The van der Waals surface area contributed by atoms with Crippen molar-refractivity contribution in [2.75, 3.05) is 17.7 Å². The molecule has 3 heterocycles. The van der Waals surface area contributed by atoms with Gasteiger partial charge in [0.2, 0.25) is 0 Å². The zero-order valence-corrected chi connectivity index (χ0v) is 20.5. The number of aromatic nitrogens is 1. The van der Waals surface area contributed by atoms with E-state index < -0.39 is 0 Å². The molecule has 3 aromatic rings. The van der Waals surface area contributed by atoms with Crippen LogP contribution in [0.3, 0.4) is 0 Å². The summed E-state index contributed by atoms with van der Waals surface area (Å²) in [6, 6.07) is 21.6. The van der Waals surface area contributed by atoms with Crippen LogP contribution in [0.4, 0.5) is 5.69 Å². The number of nitrogens with zero attached hydrogens (tertiary/aromatic N) is 3. The predicted octanol–water partition coefficient (Wildman–Crippen LogP) is 5.40. The van der Waals surface area contributed by atoms with E-state index in [1.54, 1.807) is 6.20 Å². The van der Waals surface area contributed by atoms with Gasteiger partial charge in [0.05, 0.1) is 28.7 Å². The monoisotopic (exact) mass is 504 g/mol. The van der Waals surface area contributed by atoms with Crippen molar-refractivity contribution >= 4 is 39.1 Å². The third-order valence-electron chi connectivity index (χ3n) is 5.52. The van der Waals surface area contributed by atoms with Gasteiger partial charge in [0.15, 0.2) is 0 Å². The minimum absolute atomic E-state index is 0.138. The number of aliphatic hydroxyl groups excluding tert-OH is 1. The fourth-order valence-corrected chi connectivity index (χ4v) is 5.94. The SMILES string of the molecule is OCCS1=C2C(=C(Nc3ccc(OCc4ccccn4)c(Cl)c3)N=CN2Cc2ccccc2)C=C1. The number of benzene rings is 2. The highest BCUT2D eigenvalue weighted by molar-refractivity contribution is 8.19. The normalized spacial score (nSPS) is 16.6. The van der Waals surface area contributed by atoms with Crippen LogP contribution in [0.1, 0.15) is 11.3 Å². The van der Waals surface area contributed by atoms with Crippen LogP contribution in [0.2, 0.25) is 5.02 Å². The van der Waals surface area contributed by atoms with Gasteiger partial charge in [-0.1, -0.05) is 48.0 Å². The van der Waals surface area contributed by atoms with E-state index in [4.69, 9.17) is 21.3 Å². The van der Waals surface area contributed by atoms with Crippen LogP contribution in [0.5, 0.6) is 5.75 Å². The molecule has 2 N–H and O–H groups in total. The van der Waals surface area contributed by atoms with Crippen LogP contribution >= 0.6 is 22.1 Å². The molecule has 35 heavy (non-hydrogen) atoms. The summed E-state index contributed by atoms with van der Waals surface area (Å²) in [5.74, 6) is 2.04. The highest BCUT2D eigenvalue weighted by atomic mass is 35.5. The highest BCUT2D eigenvalue weighted by Crippen LogP contribution is 2.36. The van der Waals surface area contributed by atoms with Gasteiger partial charge in [-0.3, -0.25) is 4.98 Å². The Morgan fingerprint density at radius 2 is 1.91 bits per heavy atom. The number of nitrogens with one attached hydrogen (secondary N) is 1. The van der Waals surface area contributed by atoms with Crippen LogP contribution in [0.15, 0.2) is 101 Å². The second-order valence-corrected chi connectivity index (χ2v) is 10.3. The predicted molar refractivity (Wildman–Crippen MR) is 145 cm³/mol. The number of halogens is 1. The van der Waals surface area contributed by atoms with Crippen molar-refractivity contribution in [2.24, 2.45) is 4.99 Å². The number of aliphatic hydroxyl groups is 1. The van der Waals surface area contributed by atoms with Crippen LogP contribution < -0.4 is 10.1 Å². The van der Waals surface area contributed by atoms with Crippen molar-refractivity contribution in [3.05, 3.63) is 112 Å². The molecule has 0 amide bonds. The van der Waals surface area contributed by atoms with Crippen molar-refractivity contribution in [3.8, 4) is 5.75 Å². The summed E-state index contributed by atoms with van der Waals surface area (Å²) in [6.45, 7) is 1.21. The van der Waals surface area contributed by atoms with Gasteiger partial charge in [0.25, 0.3) is 0 Å². The molecule has 1 unspecified atom stereocenters. The van der Waals surface area contributed by atoms with Crippen LogP contribution in [0.25, 0.3) is 0 Å². The lowest BCUT2D eigenvalue weighted by Gasteiger charge is -2.28. The van der Waals surface area contributed by atoms with Gasteiger partial charge < -0.3 is 20.1 Å². The van der Waals surface area contributed by atoms with E-state index >= 15 is 0 Å². The molecule has 0 saturated heterocycles. The Balaban J connectivity index is 1.35. The number of fused-ring (bicyclic) bond motifs is 1. The maximum atomic E-state index is 9.61. The Morgan fingerprint density at radius 1 is 1.06 bits per heavy atom. The number of rotatable bonds is 9. The van der Waals surface area contributed by atoms with Gasteiger partial charge in [-0.25, -0.2) is 4.99 Å². The summed E-state index contributed by atoms with van der Waals surface area (Å²) < 4.78 is 5.84. The number of pyridine rings is 1. The molecule has 2 aliphatic heterocycles. The average Bonchev–Trinajstić information content (AvgIpc) is 3.31. The fraction of sp³-hybridized carbons (Fsp3) is 0.148. The number of hydrogen-bond acceptors (Lipinski definition) is 6. The average molecular weight is 505 g/mol. The Labute approximate surface area is 212 Å². The van der Waals surface area contributed by atoms with E-state index in [2.05, 4.69) is 38.8 Å². The first kappa shape index (κ1) is 23.4. The quantitative estimate of drug-likeness (QED) is 0.382. The van der Waals surface area contributed by atoms with Crippen LogP contribution in [-0.4, -0.2) is 38.7 Å². The number of anilines is 1. The summed E-state index contributed by atoms with van der Waals surface area (Å²) in [5, 5.41) is 15.7. The first-order valence-electron chi connectivity index (χ1n) is 11.3. The molecule has 0 aliphatic carbocycles. The molecule has 0 saturated carbocycles. The van der Waals surface area contributed by atoms with Crippen molar-refractivity contribution in [1.82, 2.24) is 9.88 Å². The van der Waals surface area contributed by atoms with Crippen LogP contribution in [0, 0.1) is 0 Å². The number of ether oxygens (including phenoxy) is 1. The van der Waals surface area contributed by atoms with Crippen LogP contribution in [-0.2, 0) is 13.2 Å². The van der Waals surface area contributed by atoms with E-state index in [0.29, 0.717) is 23.1 Å². The largest absolute Gasteiger partial charge is 0.486 e. The third kappa shape index (κ3) is 5.48. The van der Waals surface area contributed by atoms with Gasteiger partial charge in [-0.15, -0.1) is 10.5 Å². The van der Waals surface area contributed by atoms with Gasteiger partial charge in [-0.05, 0) is 47.4 Å². The Kier molecular flexibility index (Phi) is 7.28. The van der Waals surface area contributed by atoms with E-state index in [9.17, 15) is 5.11 Å². The molecule has 5 rings (SSSR count). The summed E-state index contributed by atoms with van der Waals surface area (Å²) >= 11 is 6.51. The molecule has 1 atom stereocenters. The Bertz CT molecular complexity index is 1320. The lowest BCUT2D eigenvalue weighted by atomic mass is 10.1. The molecule has 6 nitrogen and oxygen atoms in total. The standard InChI is InChI=1S/C27H25ClN4O2S/c28-24-16-21(9-10-25(24)34-18-22-8-4-5-12-29-22)31-26-23-11-14-35(15-13-33)27(23)32(19-30-26)17-20-6-2-1-3-7-20/h1-12,14,16,19,31,33H,13,15,17-18H2. The van der Waals surface area contributed by atoms with E-state index in [0.717, 1.165) is 29.3 Å². The molecule has 1 aromatic heterocycles. The summed E-state index contributed by atoms with van der Waals surface area (Å²) in [5.41, 5.74) is 3.89. The van der Waals surface area contributed by atoms with Gasteiger partial charge in [-0.2, -0.15) is 0 Å². The summed E-state index contributed by atoms with van der Waals surface area (Å²) in [6.07, 6.45) is 5.70. The van der Waals surface area contributed by atoms with Gasteiger partial charge >= 0.3 is 0 Å². The fourth-order valence-electron chi connectivity index (χ4n) is 3.89. The second kappa shape index (κ2) is 10.9.